The number of nitrogens with one attached hydrogen (secondary N) is 1. The minimum Gasteiger partial charge on any atom is -0.444 e. The van der Waals surface area contributed by atoms with E-state index in [1.807, 2.05) is 25.7 Å². The van der Waals surface area contributed by atoms with Gasteiger partial charge < -0.3 is 15.0 Å². The molecule has 4 heteroatoms. The molecular formula is C24H36N2O2. The maximum Gasteiger partial charge on any atom is 0.410 e. The van der Waals surface area contributed by atoms with Gasteiger partial charge in [0.15, 0.2) is 0 Å². The summed E-state index contributed by atoms with van der Waals surface area (Å²) in [6.07, 6.45) is 6.69. The molecule has 0 radical (unpaired) electrons. The molecule has 1 saturated carbocycles. The molecule has 0 bridgehead atoms. The number of rotatable bonds is 6. The van der Waals surface area contributed by atoms with Crippen molar-refractivity contribution < 1.29 is 9.53 Å². The van der Waals surface area contributed by atoms with E-state index >= 15 is 0 Å². The van der Waals surface area contributed by atoms with Crippen LogP contribution in [-0.4, -0.2) is 42.3 Å². The molecule has 28 heavy (non-hydrogen) atoms. The number of carbonyl (C=O) groups excluding carboxylic acids is 1. The Labute approximate surface area is 170 Å². The quantitative estimate of drug-likeness (QED) is 0.741. The monoisotopic (exact) mass is 384 g/mol. The first-order chi connectivity index (χ1) is 13.4. The van der Waals surface area contributed by atoms with Crippen LogP contribution in [0, 0.1) is 11.8 Å². The van der Waals surface area contributed by atoms with E-state index in [0.29, 0.717) is 17.9 Å². The van der Waals surface area contributed by atoms with Gasteiger partial charge in [0.1, 0.15) is 5.60 Å². The molecule has 0 aromatic heterocycles. The maximum atomic E-state index is 12.2. The van der Waals surface area contributed by atoms with Crippen molar-refractivity contribution in [3.05, 3.63) is 41.5 Å². The van der Waals surface area contributed by atoms with Gasteiger partial charge in [-0.2, -0.15) is 0 Å². The van der Waals surface area contributed by atoms with Crippen molar-refractivity contribution >= 4 is 12.2 Å². The highest BCUT2D eigenvalue weighted by molar-refractivity contribution is 5.68. The summed E-state index contributed by atoms with van der Waals surface area (Å²) < 4.78 is 5.49. The van der Waals surface area contributed by atoms with Gasteiger partial charge in [-0.25, -0.2) is 4.79 Å². The summed E-state index contributed by atoms with van der Waals surface area (Å²) in [5.74, 6) is 1.34. The fourth-order valence-electron chi connectivity index (χ4n) is 4.03. The van der Waals surface area contributed by atoms with Gasteiger partial charge in [0, 0.05) is 19.1 Å². The minimum absolute atomic E-state index is 0.167. The van der Waals surface area contributed by atoms with Crippen LogP contribution < -0.4 is 5.32 Å². The zero-order valence-electron chi connectivity index (χ0n) is 17.9. The Balaban J connectivity index is 1.40. The van der Waals surface area contributed by atoms with E-state index in [4.69, 9.17) is 4.74 Å². The Morgan fingerprint density at radius 1 is 1.21 bits per heavy atom. The number of carbonyl (C=O) groups is 1. The molecule has 1 aliphatic carbocycles. The van der Waals surface area contributed by atoms with E-state index in [1.54, 1.807) is 5.57 Å². The Morgan fingerprint density at radius 2 is 1.89 bits per heavy atom. The summed E-state index contributed by atoms with van der Waals surface area (Å²) >= 11 is 0. The molecule has 1 amide bonds. The van der Waals surface area contributed by atoms with Crippen LogP contribution in [-0.2, 0) is 4.74 Å². The highest BCUT2D eigenvalue weighted by atomic mass is 16.6. The van der Waals surface area contributed by atoms with Crippen molar-refractivity contribution in [1.82, 2.24) is 10.2 Å². The van der Waals surface area contributed by atoms with Crippen molar-refractivity contribution in [2.24, 2.45) is 11.8 Å². The first-order valence-electron chi connectivity index (χ1n) is 10.8. The van der Waals surface area contributed by atoms with Crippen molar-refractivity contribution in [2.75, 3.05) is 19.6 Å². The van der Waals surface area contributed by atoms with E-state index < -0.39 is 5.60 Å². The summed E-state index contributed by atoms with van der Waals surface area (Å²) in [4.78, 5) is 14.0. The number of amides is 1. The summed E-state index contributed by atoms with van der Waals surface area (Å²) in [6.45, 7) is 10.7. The Morgan fingerprint density at radius 3 is 2.50 bits per heavy atom. The van der Waals surface area contributed by atoms with Crippen LogP contribution in [0.25, 0.3) is 6.08 Å². The van der Waals surface area contributed by atoms with E-state index in [-0.39, 0.29) is 6.09 Å². The molecular weight excluding hydrogens is 348 g/mol. The smallest absolute Gasteiger partial charge is 0.410 e. The molecule has 1 N–H and O–H groups in total. The van der Waals surface area contributed by atoms with Crippen LogP contribution in [0.15, 0.2) is 35.9 Å². The average molecular weight is 385 g/mol. The van der Waals surface area contributed by atoms with Crippen molar-refractivity contribution in [2.45, 2.75) is 65.0 Å². The number of likely N-dealkylation sites (tertiary alicyclic amines) is 1. The normalized spacial score (nSPS) is 23.6. The number of ether oxygens (including phenoxy) is 1. The predicted molar refractivity (Wildman–Crippen MR) is 115 cm³/mol. The van der Waals surface area contributed by atoms with E-state index in [0.717, 1.165) is 38.9 Å². The molecule has 1 aliphatic heterocycles. The van der Waals surface area contributed by atoms with Gasteiger partial charge in [0.25, 0.3) is 0 Å². The second kappa shape index (κ2) is 9.13. The highest BCUT2D eigenvalue weighted by Gasteiger charge is 2.39. The number of nitrogens with zero attached hydrogens (tertiary/aromatic N) is 1. The van der Waals surface area contributed by atoms with Gasteiger partial charge in [-0.05, 0) is 70.4 Å². The SMILES string of the molecule is CC/C(=C\c1ccccc1)[C@@H]1C[C@H]1NCC1CCN(C(=O)OC(C)(C)C)CC1. The molecule has 1 aromatic carbocycles. The fourth-order valence-corrected chi connectivity index (χ4v) is 4.03. The lowest BCUT2D eigenvalue weighted by atomic mass is 9.97. The van der Waals surface area contributed by atoms with Gasteiger partial charge in [-0.15, -0.1) is 0 Å². The lowest BCUT2D eigenvalue weighted by Gasteiger charge is -2.33. The van der Waals surface area contributed by atoms with Crippen LogP contribution in [0.3, 0.4) is 0 Å². The second-order valence-corrected chi connectivity index (χ2v) is 9.25. The zero-order valence-corrected chi connectivity index (χ0v) is 17.9. The molecule has 2 aliphatic rings. The zero-order chi connectivity index (χ0) is 20.1. The molecule has 2 fully saturated rings. The average Bonchev–Trinajstić information content (AvgIpc) is 3.44. The second-order valence-electron chi connectivity index (χ2n) is 9.25. The van der Waals surface area contributed by atoms with Gasteiger partial charge in [0.05, 0.1) is 0 Å². The van der Waals surface area contributed by atoms with Gasteiger partial charge in [-0.3, -0.25) is 0 Å². The maximum absolute atomic E-state index is 12.2. The first-order valence-corrected chi connectivity index (χ1v) is 10.8. The first kappa shape index (κ1) is 20.9. The van der Waals surface area contributed by atoms with Crippen LogP contribution >= 0.6 is 0 Å². The Bertz CT molecular complexity index is 670. The third kappa shape index (κ3) is 6.10. The van der Waals surface area contributed by atoms with Gasteiger partial charge in [0.2, 0.25) is 0 Å². The Hall–Kier alpha value is -1.81. The molecule has 1 saturated heterocycles. The molecule has 1 heterocycles. The number of hydrogen-bond acceptors (Lipinski definition) is 3. The summed E-state index contributed by atoms with van der Waals surface area (Å²) in [7, 11) is 0. The molecule has 4 nitrogen and oxygen atoms in total. The lowest BCUT2D eigenvalue weighted by molar-refractivity contribution is 0.0184. The Kier molecular flexibility index (Phi) is 6.82. The summed E-state index contributed by atoms with van der Waals surface area (Å²) in [6, 6.07) is 11.3. The van der Waals surface area contributed by atoms with Crippen LogP contribution in [0.1, 0.15) is 58.9 Å². The van der Waals surface area contributed by atoms with Crippen LogP contribution in [0.4, 0.5) is 4.79 Å². The molecule has 154 valence electrons. The van der Waals surface area contributed by atoms with Crippen molar-refractivity contribution in [3.63, 3.8) is 0 Å². The largest absolute Gasteiger partial charge is 0.444 e. The van der Waals surface area contributed by atoms with E-state index in [9.17, 15) is 4.79 Å². The summed E-state index contributed by atoms with van der Waals surface area (Å²) in [5, 5.41) is 3.78. The number of piperidine rings is 1. The van der Waals surface area contributed by atoms with Gasteiger partial charge in [-0.1, -0.05) is 48.9 Å². The van der Waals surface area contributed by atoms with Crippen LogP contribution in [0.2, 0.25) is 0 Å². The molecule has 1 aromatic rings. The number of hydrogen-bond donors (Lipinski definition) is 1. The molecule has 0 unspecified atom stereocenters. The number of benzene rings is 1. The topological polar surface area (TPSA) is 41.6 Å². The lowest BCUT2D eigenvalue weighted by Crippen LogP contribution is -2.43. The van der Waals surface area contributed by atoms with E-state index in [2.05, 4.69) is 48.6 Å². The summed E-state index contributed by atoms with van der Waals surface area (Å²) in [5.41, 5.74) is 2.45. The molecule has 2 atom stereocenters. The minimum atomic E-state index is -0.416. The molecule has 3 rings (SSSR count). The third-order valence-corrected chi connectivity index (χ3v) is 5.76. The third-order valence-electron chi connectivity index (χ3n) is 5.76. The van der Waals surface area contributed by atoms with Crippen LogP contribution in [0.5, 0.6) is 0 Å². The van der Waals surface area contributed by atoms with E-state index in [1.165, 1.54) is 12.0 Å². The predicted octanol–water partition coefficient (Wildman–Crippen LogP) is 5.11. The van der Waals surface area contributed by atoms with Crippen molar-refractivity contribution in [1.29, 1.82) is 0 Å². The fraction of sp³-hybridized carbons (Fsp3) is 0.625. The van der Waals surface area contributed by atoms with Crippen molar-refractivity contribution in [3.8, 4) is 0 Å². The highest BCUT2D eigenvalue weighted by Crippen LogP contribution is 2.40. The standard InChI is InChI=1S/C24H36N2O2/c1-5-20(15-18-9-7-6-8-10-18)21-16-22(21)25-17-19-11-13-26(14-12-19)23(27)28-24(2,3)4/h6-10,15,19,21-22,25H,5,11-14,16-17H2,1-4H3/b20-15+/t21-,22+/m0/s1. The molecule has 0 spiro atoms. The van der Waals surface area contributed by atoms with Gasteiger partial charge >= 0.3 is 6.09 Å².